The van der Waals surface area contributed by atoms with Crippen LogP contribution in [0.15, 0.2) is 35.1 Å². The predicted octanol–water partition coefficient (Wildman–Crippen LogP) is 1.25. The lowest BCUT2D eigenvalue weighted by Gasteiger charge is -2.37. The van der Waals surface area contributed by atoms with Crippen LogP contribution in [0.2, 0.25) is 0 Å². The molecule has 2 saturated heterocycles. The minimum Gasteiger partial charge on any atom is -0.503 e. The molecule has 8 nitrogen and oxygen atoms in total. The van der Waals surface area contributed by atoms with Crippen LogP contribution in [0.4, 0.5) is 5.69 Å². The van der Waals surface area contributed by atoms with Crippen molar-refractivity contribution in [2.75, 3.05) is 64.5 Å². The van der Waals surface area contributed by atoms with Crippen LogP contribution in [-0.4, -0.2) is 79.1 Å². The molecule has 0 radical (unpaired) electrons. The number of nitrogens with zero attached hydrogens (tertiary/aromatic N) is 4. The van der Waals surface area contributed by atoms with Gasteiger partial charge in [0.15, 0.2) is 5.75 Å². The van der Waals surface area contributed by atoms with E-state index in [1.54, 1.807) is 13.2 Å². The fraction of sp³-hybridized carbons (Fsp3) is 0.522. The fourth-order valence-electron chi connectivity index (χ4n) is 4.36. The van der Waals surface area contributed by atoms with E-state index in [1.807, 2.05) is 29.8 Å². The Labute approximate surface area is 183 Å². The maximum atomic E-state index is 12.5. The van der Waals surface area contributed by atoms with Gasteiger partial charge in [-0.3, -0.25) is 14.6 Å². The van der Waals surface area contributed by atoms with Crippen LogP contribution in [0.1, 0.15) is 11.4 Å². The van der Waals surface area contributed by atoms with Crippen molar-refractivity contribution in [1.82, 2.24) is 14.4 Å². The highest BCUT2D eigenvalue weighted by Gasteiger charge is 2.23. The number of piperazine rings is 1. The maximum Gasteiger partial charge on any atom is 0.223 e. The zero-order valence-electron chi connectivity index (χ0n) is 18.4. The summed E-state index contributed by atoms with van der Waals surface area (Å²) in [5.41, 5.74) is 2.41. The Morgan fingerprint density at radius 2 is 1.68 bits per heavy atom. The predicted molar refractivity (Wildman–Crippen MR) is 120 cm³/mol. The molecule has 8 heteroatoms. The van der Waals surface area contributed by atoms with Crippen molar-refractivity contribution in [3.8, 4) is 11.5 Å². The van der Waals surface area contributed by atoms with Crippen LogP contribution >= 0.6 is 0 Å². The summed E-state index contributed by atoms with van der Waals surface area (Å²) in [4.78, 5) is 19.4. The Balaban J connectivity index is 1.45. The van der Waals surface area contributed by atoms with Gasteiger partial charge in [0.25, 0.3) is 0 Å². The number of ether oxygens (including phenoxy) is 2. The van der Waals surface area contributed by atoms with E-state index in [0.717, 1.165) is 69.6 Å². The zero-order valence-corrected chi connectivity index (χ0v) is 18.4. The summed E-state index contributed by atoms with van der Waals surface area (Å²) in [6.07, 6.45) is 0. The molecule has 3 heterocycles. The molecule has 0 amide bonds. The molecule has 2 fully saturated rings. The molecule has 31 heavy (non-hydrogen) atoms. The molecule has 4 rings (SSSR count). The molecular formula is C23H32N4O4. The molecular weight excluding hydrogens is 396 g/mol. The van der Waals surface area contributed by atoms with Gasteiger partial charge in [0, 0.05) is 71.2 Å². The summed E-state index contributed by atoms with van der Waals surface area (Å²) in [6.45, 7) is 7.80. The third kappa shape index (κ3) is 4.87. The van der Waals surface area contributed by atoms with Gasteiger partial charge in [-0.05, 0) is 12.1 Å². The van der Waals surface area contributed by atoms with E-state index in [2.05, 4.69) is 20.8 Å². The van der Waals surface area contributed by atoms with Crippen LogP contribution in [0, 0.1) is 0 Å². The van der Waals surface area contributed by atoms with Crippen molar-refractivity contribution in [1.29, 1.82) is 0 Å². The molecule has 2 aliphatic heterocycles. The lowest BCUT2D eigenvalue weighted by atomic mass is 10.2. The molecule has 1 N–H and O–H groups in total. The van der Waals surface area contributed by atoms with Gasteiger partial charge in [0.05, 0.1) is 31.7 Å². The van der Waals surface area contributed by atoms with E-state index in [-0.39, 0.29) is 11.2 Å². The lowest BCUT2D eigenvalue weighted by molar-refractivity contribution is 0.0331. The van der Waals surface area contributed by atoms with Crippen molar-refractivity contribution in [3.05, 3.63) is 51.9 Å². The van der Waals surface area contributed by atoms with Crippen molar-refractivity contribution in [3.63, 3.8) is 0 Å². The summed E-state index contributed by atoms with van der Waals surface area (Å²) in [6, 6.07) is 9.63. The number of rotatable bonds is 6. The summed E-state index contributed by atoms with van der Waals surface area (Å²) < 4.78 is 12.9. The van der Waals surface area contributed by atoms with Gasteiger partial charge >= 0.3 is 0 Å². The number of morpholine rings is 1. The van der Waals surface area contributed by atoms with Gasteiger partial charge in [-0.15, -0.1) is 0 Å². The average Bonchev–Trinajstić information content (AvgIpc) is 2.81. The first-order valence-electron chi connectivity index (χ1n) is 10.9. The van der Waals surface area contributed by atoms with Crippen molar-refractivity contribution in [2.24, 2.45) is 7.05 Å². The highest BCUT2D eigenvalue weighted by atomic mass is 16.5. The van der Waals surface area contributed by atoms with Gasteiger partial charge in [0.1, 0.15) is 5.75 Å². The molecule has 0 spiro atoms. The summed E-state index contributed by atoms with van der Waals surface area (Å²) in [7, 11) is 3.64. The molecule has 0 saturated carbocycles. The Morgan fingerprint density at radius 3 is 2.39 bits per heavy atom. The minimum atomic E-state index is -0.302. The fourth-order valence-corrected chi connectivity index (χ4v) is 4.36. The van der Waals surface area contributed by atoms with Crippen LogP contribution in [0.25, 0.3) is 0 Å². The first-order valence-corrected chi connectivity index (χ1v) is 10.9. The van der Waals surface area contributed by atoms with E-state index < -0.39 is 0 Å². The smallest absolute Gasteiger partial charge is 0.223 e. The summed E-state index contributed by atoms with van der Waals surface area (Å²) >= 11 is 0. The SMILES string of the molecule is COc1ccccc1N1CCN(Cc2c(O)c(=O)cc(CN3CCOCC3)n2C)CC1. The van der Waals surface area contributed by atoms with E-state index >= 15 is 0 Å². The van der Waals surface area contributed by atoms with Crippen LogP contribution in [-0.2, 0) is 24.9 Å². The Bertz CT molecular complexity index is 947. The molecule has 0 bridgehead atoms. The molecule has 0 unspecified atom stereocenters. The quantitative estimate of drug-likeness (QED) is 0.743. The van der Waals surface area contributed by atoms with Gasteiger partial charge in [-0.2, -0.15) is 0 Å². The Morgan fingerprint density at radius 1 is 1.00 bits per heavy atom. The van der Waals surface area contributed by atoms with Crippen LogP contribution < -0.4 is 15.1 Å². The first kappa shape index (κ1) is 21.7. The number of methoxy groups -OCH3 is 1. The van der Waals surface area contributed by atoms with Crippen LogP contribution in [0.3, 0.4) is 0 Å². The standard InChI is InChI=1S/C23H32N4O4/c1-24-18(16-26-11-13-31-14-12-26)15-21(28)23(29)20(24)17-25-7-9-27(10-8-25)19-5-3-4-6-22(19)30-2/h3-6,15,29H,7-14,16-17H2,1-2H3. The van der Waals surface area contributed by atoms with Crippen molar-refractivity contribution in [2.45, 2.75) is 13.1 Å². The molecule has 0 aliphatic carbocycles. The molecule has 168 valence electrons. The Kier molecular flexibility index (Phi) is 6.80. The van der Waals surface area contributed by atoms with E-state index in [1.165, 1.54) is 0 Å². The topological polar surface area (TPSA) is 70.4 Å². The van der Waals surface area contributed by atoms with Gasteiger partial charge < -0.3 is 24.0 Å². The number of anilines is 1. The monoisotopic (exact) mass is 428 g/mol. The highest BCUT2D eigenvalue weighted by molar-refractivity contribution is 5.58. The Hall–Kier alpha value is -2.55. The number of pyridine rings is 1. The molecule has 2 aliphatic rings. The third-order valence-electron chi connectivity index (χ3n) is 6.30. The number of benzene rings is 1. The first-order chi connectivity index (χ1) is 15.1. The molecule has 1 aromatic carbocycles. The van der Waals surface area contributed by atoms with Crippen molar-refractivity contribution < 1.29 is 14.6 Å². The molecule has 0 atom stereocenters. The zero-order chi connectivity index (χ0) is 21.8. The number of hydrogen-bond acceptors (Lipinski definition) is 7. The second-order valence-corrected chi connectivity index (χ2v) is 8.18. The maximum absolute atomic E-state index is 12.5. The largest absolute Gasteiger partial charge is 0.503 e. The highest BCUT2D eigenvalue weighted by Crippen LogP contribution is 2.28. The van der Waals surface area contributed by atoms with E-state index in [4.69, 9.17) is 9.47 Å². The van der Waals surface area contributed by atoms with Gasteiger partial charge in [-0.25, -0.2) is 0 Å². The summed E-state index contributed by atoms with van der Waals surface area (Å²) in [5, 5.41) is 10.5. The average molecular weight is 429 g/mol. The molecule has 2 aromatic rings. The van der Waals surface area contributed by atoms with Crippen LogP contribution in [0.5, 0.6) is 11.5 Å². The lowest BCUT2D eigenvalue weighted by Crippen LogP contribution is -2.46. The van der Waals surface area contributed by atoms with Crippen molar-refractivity contribution >= 4 is 5.69 Å². The summed E-state index contributed by atoms with van der Waals surface area (Å²) in [5.74, 6) is 0.743. The third-order valence-corrected chi connectivity index (χ3v) is 6.30. The number of para-hydroxylation sites is 2. The minimum absolute atomic E-state index is 0.139. The number of aromatic nitrogens is 1. The van der Waals surface area contributed by atoms with E-state index in [9.17, 15) is 9.90 Å². The van der Waals surface area contributed by atoms with Gasteiger partial charge in [-0.1, -0.05) is 12.1 Å². The second kappa shape index (κ2) is 9.72. The van der Waals surface area contributed by atoms with Gasteiger partial charge in [0.2, 0.25) is 5.43 Å². The normalized spacial score (nSPS) is 18.3. The second-order valence-electron chi connectivity index (χ2n) is 8.18. The van der Waals surface area contributed by atoms with E-state index in [0.29, 0.717) is 18.8 Å². The molecule has 1 aromatic heterocycles. The number of hydrogen-bond donors (Lipinski definition) is 1. The number of aromatic hydroxyl groups is 1.